The van der Waals surface area contributed by atoms with E-state index >= 15 is 0 Å². The molecule has 0 spiro atoms. The molecule has 0 fully saturated rings. The number of carbonyl (C=O) groups is 1. The zero-order valence-corrected chi connectivity index (χ0v) is 10.2. The lowest BCUT2D eigenvalue weighted by atomic mass is 9.93. The molecule has 0 unspecified atom stereocenters. The molecule has 2 aromatic rings. The second kappa shape index (κ2) is 4.96. The minimum Gasteiger partial charge on any atom is -0.298 e. The Labute approximate surface area is 102 Å². The van der Waals surface area contributed by atoms with Gasteiger partial charge in [-0.3, -0.25) is 4.79 Å². The third-order valence-electron chi connectivity index (χ3n) is 3.23. The highest BCUT2D eigenvalue weighted by molar-refractivity contribution is 5.78. The summed E-state index contributed by atoms with van der Waals surface area (Å²) in [5.41, 5.74) is 5.69. The van der Waals surface area contributed by atoms with Crippen molar-refractivity contribution in [1.82, 2.24) is 0 Å². The van der Waals surface area contributed by atoms with E-state index in [1.54, 1.807) is 0 Å². The average Bonchev–Trinajstić information content (AvgIpc) is 2.36. The summed E-state index contributed by atoms with van der Waals surface area (Å²) < 4.78 is 0. The molecule has 0 N–H and O–H groups in total. The number of aryl methyl sites for hydroxylation is 1. The molecule has 0 saturated heterocycles. The topological polar surface area (TPSA) is 17.1 Å². The number of carbonyl (C=O) groups excluding carboxylic acids is 1. The summed E-state index contributed by atoms with van der Waals surface area (Å²) in [7, 11) is 0. The Balaban J connectivity index is 2.42. The van der Waals surface area contributed by atoms with Gasteiger partial charge in [0.05, 0.1) is 0 Å². The standard InChI is InChI=1S/C16H16O/c1-12-8-9-15(11-17)13(2)16(12)10-14-6-4-3-5-7-14/h3-9,11H,10H2,1-2H3. The van der Waals surface area contributed by atoms with Crippen molar-refractivity contribution in [3.8, 4) is 0 Å². The van der Waals surface area contributed by atoms with E-state index in [9.17, 15) is 4.79 Å². The van der Waals surface area contributed by atoms with Crippen LogP contribution < -0.4 is 0 Å². The van der Waals surface area contributed by atoms with Gasteiger partial charge in [-0.05, 0) is 42.5 Å². The fourth-order valence-electron chi connectivity index (χ4n) is 2.11. The van der Waals surface area contributed by atoms with Gasteiger partial charge < -0.3 is 0 Å². The quantitative estimate of drug-likeness (QED) is 0.726. The summed E-state index contributed by atoms with van der Waals surface area (Å²) >= 11 is 0. The van der Waals surface area contributed by atoms with E-state index in [0.717, 1.165) is 23.8 Å². The van der Waals surface area contributed by atoms with Crippen LogP contribution in [0.5, 0.6) is 0 Å². The Kier molecular flexibility index (Phi) is 3.38. The first-order valence-corrected chi connectivity index (χ1v) is 5.80. The molecule has 1 nitrogen and oxygen atoms in total. The molecule has 0 amide bonds. The number of benzene rings is 2. The number of hydrogen-bond donors (Lipinski definition) is 0. The van der Waals surface area contributed by atoms with Crippen molar-refractivity contribution in [1.29, 1.82) is 0 Å². The van der Waals surface area contributed by atoms with Crippen LogP contribution in [-0.4, -0.2) is 6.29 Å². The lowest BCUT2D eigenvalue weighted by Crippen LogP contribution is -1.99. The van der Waals surface area contributed by atoms with Crippen LogP contribution >= 0.6 is 0 Å². The van der Waals surface area contributed by atoms with Crippen LogP contribution in [0.1, 0.15) is 32.6 Å². The Bertz CT molecular complexity index is 527. The molecule has 0 atom stereocenters. The molecular weight excluding hydrogens is 208 g/mol. The van der Waals surface area contributed by atoms with E-state index in [1.807, 2.05) is 37.3 Å². The SMILES string of the molecule is Cc1ccc(C=O)c(C)c1Cc1ccccc1. The fraction of sp³-hybridized carbons (Fsp3) is 0.188. The molecule has 1 heteroatoms. The van der Waals surface area contributed by atoms with E-state index in [0.29, 0.717) is 0 Å². The van der Waals surface area contributed by atoms with E-state index in [-0.39, 0.29) is 0 Å². The highest BCUT2D eigenvalue weighted by Gasteiger charge is 2.07. The normalized spacial score (nSPS) is 10.2. The molecule has 2 rings (SSSR count). The van der Waals surface area contributed by atoms with Crippen molar-refractivity contribution in [3.63, 3.8) is 0 Å². The maximum absolute atomic E-state index is 10.9. The van der Waals surface area contributed by atoms with Gasteiger partial charge in [0.1, 0.15) is 6.29 Å². The maximum Gasteiger partial charge on any atom is 0.150 e. The molecule has 0 saturated carbocycles. The summed E-state index contributed by atoms with van der Waals surface area (Å²) in [6.45, 7) is 4.12. The van der Waals surface area contributed by atoms with E-state index in [2.05, 4.69) is 19.1 Å². The van der Waals surface area contributed by atoms with E-state index < -0.39 is 0 Å². The molecule has 0 aliphatic rings. The molecule has 0 aliphatic carbocycles. The van der Waals surface area contributed by atoms with Crippen molar-refractivity contribution < 1.29 is 4.79 Å². The first-order chi connectivity index (χ1) is 8.22. The van der Waals surface area contributed by atoms with Gasteiger partial charge in [-0.1, -0.05) is 42.5 Å². The zero-order chi connectivity index (χ0) is 12.3. The average molecular weight is 224 g/mol. The molecule has 0 aliphatic heterocycles. The van der Waals surface area contributed by atoms with Gasteiger partial charge in [-0.15, -0.1) is 0 Å². The molecule has 2 aromatic carbocycles. The van der Waals surface area contributed by atoms with Gasteiger partial charge in [0.25, 0.3) is 0 Å². The lowest BCUT2D eigenvalue weighted by Gasteiger charge is -2.11. The highest BCUT2D eigenvalue weighted by Crippen LogP contribution is 2.20. The summed E-state index contributed by atoms with van der Waals surface area (Å²) in [5, 5.41) is 0. The van der Waals surface area contributed by atoms with Crippen LogP contribution in [0.4, 0.5) is 0 Å². The predicted octanol–water partition coefficient (Wildman–Crippen LogP) is 3.71. The van der Waals surface area contributed by atoms with Crippen molar-refractivity contribution in [2.75, 3.05) is 0 Å². The van der Waals surface area contributed by atoms with Gasteiger partial charge in [-0.25, -0.2) is 0 Å². The largest absolute Gasteiger partial charge is 0.298 e. The Morgan fingerprint density at radius 1 is 1.00 bits per heavy atom. The third kappa shape index (κ3) is 2.44. The predicted molar refractivity (Wildman–Crippen MR) is 70.6 cm³/mol. The fourth-order valence-corrected chi connectivity index (χ4v) is 2.11. The Morgan fingerprint density at radius 3 is 2.35 bits per heavy atom. The van der Waals surface area contributed by atoms with E-state index in [1.165, 1.54) is 16.7 Å². The molecule has 0 heterocycles. The first-order valence-electron chi connectivity index (χ1n) is 5.80. The van der Waals surface area contributed by atoms with Gasteiger partial charge in [0.2, 0.25) is 0 Å². The minimum atomic E-state index is 0.793. The van der Waals surface area contributed by atoms with Gasteiger partial charge in [0.15, 0.2) is 0 Å². The van der Waals surface area contributed by atoms with Crippen molar-refractivity contribution in [3.05, 3.63) is 70.3 Å². The number of aldehydes is 1. The van der Waals surface area contributed by atoms with Crippen molar-refractivity contribution in [2.24, 2.45) is 0 Å². The monoisotopic (exact) mass is 224 g/mol. The third-order valence-corrected chi connectivity index (χ3v) is 3.23. The summed E-state index contributed by atoms with van der Waals surface area (Å²) in [6.07, 6.45) is 1.82. The first kappa shape index (κ1) is 11.6. The smallest absolute Gasteiger partial charge is 0.150 e. The van der Waals surface area contributed by atoms with E-state index in [4.69, 9.17) is 0 Å². The summed E-state index contributed by atoms with van der Waals surface area (Å²) in [6, 6.07) is 14.3. The second-order valence-corrected chi connectivity index (χ2v) is 4.36. The Morgan fingerprint density at radius 2 is 1.71 bits per heavy atom. The molecule has 0 aromatic heterocycles. The van der Waals surface area contributed by atoms with Gasteiger partial charge >= 0.3 is 0 Å². The van der Waals surface area contributed by atoms with Crippen LogP contribution in [0, 0.1) is 13.8 Å². The number of rotatable bonds is 3. The van der Waals surface area contributed by atoms with Gasteiger partial charge in [0, 0.05) is 5.56 Å². The molecule has 0 radical (unpaired) electrons. The maximum atomic E-state index is 10.9. The molecular formula is C16H16O. The number of hydrogen-bond acceptors (Lipinski definition) is 1. The van der Waals surface area contributed by atoms with Crippen LogP contribution in [0.25, 0.3) is 0 Å². The zero-order valence-electron chi connectivity index (χ0n) is 10.2. The summed E-state index contributed by atoms with van der Waals surface area (Å²) in [5.74, 6) is 0. The highest BCUT2D eigenvalue weighted by atomic mass is 16.1. The van der Waals surface area contributed by atoms with Gasteiger partial charge in [-0.2, -0.15) is 0 Å². The summed E-state index contributed by atoms with van der Waals surface area (Å²) in [4.78, 5) is 10.9. The lowest BCUT2D eigenvalue weighted by molar-refractivity contribution is 0.112. The van der Waals surface area contributed by atoms with Crippen molar-refractivity contribution in [2.45, 2.75) is 20.3 Å². The molecule has 0 bridgehead atoms. The van der Waals surface area contributed by atoms with Crippen LogP contribution in [-0.2, 0) is 6.42 Å². The molecule has 17 heavy (non-hydrogen) atoms. The molecule has 86 valence electrons. The second-order valence-electron chi connectivity index (χ2n) is 4.36. The van der Waals surface area contributed by atoms with Crippen LogP contribution in [0.3, 0.4) is 0 Å². The van der Waals surface area contributed by atoms with Crippen LogP contribution in [0.2, 0.25) is 0 Å². The Hall–Kier alpha value is -1.89. The minimum absolute atomic E-state index is 0.793. The van der Waals surface area contributed by atoms with Crippen LogP contribution in [0.15, 0.2) is 42.5 Å². The van der Waals surface area contributed by atoms with Crippen molar-refractivity contribution >= 4 is 6.29 Å².